The highest BCUT2D eigenvalue weighted by molar-refractivity contribution is 7.19. The van der Waals surface area contributed by atoms with Crippen LogP contribution in [0.1, 0.15) is 29.6 Å². The van der Waals surface area contributed by atoms with Crippen molar-refractivity contribution in [2.45, 2.75) is 32.7 Å². The van der Waals surface area contributed by atoms with Gasteiger partial charge >= 0.3 is 0 Å². The lowest BCUT2D eigenvalue weighted by molar-refractivity contribution is 0.0331. The average Bonchev–Trinajstić information content (AvgIpc) is 3.17. The average molecular weight is 455 g/mol. The normalized spacial score (nSPS) is 19.0. The van der Waals surface area contributed by atoms with Crippen LogP contribution in [0, 0.1) is 5.92 Å². The van der Waals surface area contributed by atoms with Gasteiger partial charge < -0.3 is 19.5 Å². The minimum atomic E-state index is 0.692. The van der Waals surface area contributed by atoms with E-state index in [1.54, 1.807) is 14.2 Å². The summed E-state index contributed by atoms with van der Waals surface area (Å²) in [5, 5.41) is 4.75. The van der Waals surface area contributed by atoms with Gasteiger partial charge in [-0.2, -0.15) is 0 Å². The number of anilines is 2. The molecule has 3 aromatic rings. The van der Waals surface area contributed by atoms with Crippen LogP contribution in [0.15, 0.2) is 18.2 Å². The zero-order valence-electron chi connectivity index (χ0n) is 18.9. The Balaban J connectivity index is 1.55. The van der Waals surface area contributed by atoms with Crippen molar-refractivity contribution < 1.29 is 14.2 Å². The molecule has 3 heterocycles. The molecule has 0 saturated carbocycles. The maximum atomic E-state index is 5.50. The van der Waals surface area contributed by atoms with E-state index in [-0.39, 0.29) is 0 Å². The molecule has 1 aliphatic carbocycles. The number of methoxy groups -OCH3 is 2. The van der Waals surface area contributed by atoms with Crippen molar-refractivity contribution in [3.05, 3.63) is 34.5 Å². The van der Waals surface area contributed by atoms with E-state index in [1.165, 1.54) is 22.2 Å². The number of aromatic nitrogens is 2. The van der Waals surface area contributed by atoms with Crippen LogP contribution in [-0.4, -0.2) is 55.4 Å². The Labute approximate surface area is 192 Å². The number of hydrogen-bond acceptors (Lipinski definition) is 8. The molecule has 1 N–H and O–H groups in total. The molecule has 2 aromatic heterocycles. The first kappa shape index (κ1) is 21.4. The van der Waals surface area contributed by atoms with Gasteiger partial charge in [-0.3, -0.25) is 4.90 Å². The molecule has 32 heavy (non-hydrogen) atoms. The highest BCUT2D eigenvalue weighted by Crippen LogP contribution is 2.41. The zero-order chi connectivity index (χ0) is 22.1. The van der Waals surface area contributed by atoms with Gasteiger partial charge in [0.2, 0.25) is 0 Å². The molecule has 0 radical (unpaired) electrons. The number of nitrogens with zero attached hydrogens (tertiary/aromatic N) is 3. The van der Waals surface area contributed by atoms with E-state index in [1.807, 2.05) is 29.5 Å². The summed E-state index contributed by atoms with van der Waals surface area (Å²) in [5.41, 5.74) is 2.34. The molecule has 8 heteroatoms. The molecular weight excluding hydrogens is 424 g/mol. The maximum Gasteiger partial charge on any atom is 0.162 e. The number of ether oxygens (including phenoxy) is 3. The van der Waals surface area contributed by atoms with Crippen LogP contribution < -0.4 is 14.8 Å². The Morgan fingerprint density at radius 3 is 2.75 bits per heavy atom. The molecule has 5 rings (SSSR count). The fourth-order valence-corrected chi connectivity index (χ4v) is 5.96. The lowest BCUT2D eigenvalue weighted by atomic mass is 9.89. The summed E-state index contributed by atoms with van der Waals surface area (Å²) in [7, 11) is 3.30. The molecule has 7 nitrogen and oxygen atoms in total. The molecule has 1 saturated heterocycles. The van der Waals surface area contributed by atoms with E-state index in [9.17, 15) is 0 Å². The Morgan fingerprint density at radius 2 is 1.97 bits per heavy atom. The van der Waals surface area contributed by atoms with Gasteiger partial charge in [0.1, 0.15) is 16.5 Å². The number of fused-ring (bicyclic) bond motifs is 3. The minimum Gasteiger partial charge on any atom is -0.493 e. The van der Waals surface area contributed by atoms with Crippen molar-refractivity contribution in [1.82, 2.24) is 14.9 Å². The number of rotatable bonds is 6. The Kier molecular flexibility index (Phi) is 6.17. The van der Waals surface area contributed by atoms with Gasteiger partial charge in [-0.05, 0) is 42.9 Å². The lowest BCUT2D eigenvalue weighted by Gasteiger charge is -2.26. The molecular formula is C24H30N4O3S. The quantitative estimate of drug-likeness (QED) is 0.592. The highest BCUT2D eigenvalue weighted by Gasteiger charge is 2.25. The van der Waals surface area contributed by atoms with E-state index >= 15 is 0 Å². The van der Waals surface area contributed by atoms with Gasteiger partial charge in [0, 0.05) is 29.7 Å². The lowest BCUT2D eigenvalue weighted by Crippen LogP contribution is -2.36. The van der Waals surface area contributed by atoms with Crippen molar-refractivity contribution >= 4 is 33.1 Å². The molecule has 1 fully saturated rings. The topological polar surface area (TPSA) is 68.7 Å². The first-order valence-corrected chi connectivity index (χ1v) is 12.1. The number of thiophene rings is 1. The second-order valence-electron chi connectivity index (χ2n) is 8.60. The Hall–Kier alpha value is -2.42. The first-order valence-electron chi connectivity index (χ1n) is 11.2. The molecule has 170 valence electrons. The Morgan fingerprint density at radius 1 is 1.16 bits per heavy atom. The van der Waals surface area contributed by atoms with Gasteiger partial charge in [-0.25, -0.2) is 9.97 Å². The predicted octanol–water partition coefficient (Wildman–Crippen LogP) is 4.41. The number of nitrogens with one attached hydrogen (secondary N) is 1. The van der Waals surface area contributed by atoms with Crippen molar-refractivity contribution in [1.29, 1.82) is 0 Å². The van der Waals surface area contributed by atoms with Crippen LogP contribution in [0.2, 0.25) is 0 Å². The molecule has 1 aliphatic heterocycles. The van der Waals surface area contributed by atoms with Crippen molar-refractivity contribution in [2.75, 3.05) is 45.8 Å². The van der Waals surface area contributed by atoms with Crippen molar-refractivity contribution in [3.63, 3.8) is 0 Å². The fraction of sp³-hybridized carbons (Fsp3) is 0.500. The van der Waals surface area contributed by atoms with E-state index in [0.29, 0.717) is 11.5 Å². The third-order valence-electron chi connectivity index (χ3n) is 6.32. The van der Waals surface area contributed by atoms with Crippen LogP contribution in [0.25, 0.3) is 10.2 Å². The molecule has 2 aliphatic rings. The number of aryl methyl sites for hydroxylation is 1. The van der Waals surface area contributed by atoms with Crippen molar-refractivity contribution in [2.24, 2.45) is 5.92 Å². The summed E-state index contributed by atoms with van der Waals surface area (Å²) >= 11 is 1.84. The highest BCUT2D eigenvalue weighted by atomic mass is 32.1. The second kappa shape index (κ2) is 9.21. The van der Waals surface area contributed by atoms with E-state index in [2.05, 4.69) is 17.1 Å². The number of benzene rings is 1. The Bertz CT molecular complexity index is 1110. The van der Waals surface area contributed by atoms with Gasteiger partial charge in [0.15, 0.2) is 11.5 Å². The zero-order valence-corrected chi connectivity index (χ0v) is 19.8. The van der Waals surface area contributed by atoms with Crippen LogP contribution in [-0.2, 0) is 24.1 Å². The summed E-state index contributed by atoms with van der Waals surface area (Å²) in [6.45, 7) is 6.44. The van der Waals surface area contributed by atoms with Gasteiger partial charge in [0.25, 0.3) is 0 Å². The largest absolute Gasteiger partial charge is 0.493 e. The monoisotopic (exact) mass is 454 g/mol. The first-order chi connectivity index (χ1) is 15.6. The summed E-state index contributed by atoms with van der Waals surface area (Å²) < 4.78 is 16.4. The smallest absolute Gasteiger partial charge is 0.162 e. The molecule has 0 bridgehead atoms. The van der Waals surface area contributed by atoms with E-state index < -0.39 is 0 Å². The van der Waals surface area contributed by atoms with Gasteiger partial charge in [-0.1, -0.05) is 6.92 Å². The van der Waals surface area contributed by atoms with Gasteiger partial charge in [0.05, 0.1) is 39.4 Å². The van der Waals surface area contributed by atoms with Crippen LogP contribution in [0.3, 0.4) is 0 Å². The SMILES string of the molecule is COc1ccc(Nc2nc(CN3CCOCC3)nc3sc4c(c23)CC[C@H](C)C4)cc1OC. The van der Waals surface area contributed by atoms with E-state index in [4.69, 9.17) is 24.2 Å². The van der Waals surface area contributed by atoms with Gasteiger partial charge in [-0.15, -0.1) is 11.3 Å². The van der Waals surface area contributed by atoms with E-state index in [0.717, 1.165) is 73.8 Å². The maximum absolute atomic E-state index is 5.50. The van der Waals surface area contributed by atoms with Crippen LogP contribution in [0.5, 0.6) is 11.5 Å². The molecule has 0 spiro atoms. The summed E-state index contributed by atoms with van der Waals surface area (Å²) in [6.07, 6.45) is 3.43. The van der Waals surface area contributed by atoms with Crippen LogP contribution >= 0.6 is 11.3 Å². The minimum absolute atomic E-state index is 0.692. The molecule has 1 aromatic carbocycles. The number of morpholine rings is 1. The molecule has 1 atom stereocenters. The summed E-state index contributed by atoms with van der Waals surface area (Å²) in [6, 6.07) is 5.87. The molecule has 0 amide bonds. The fourth-order valence-electron chi connectivity index (χ4n) is 4.56. The third-order valence-corrected chi connectivity index (χ3v) is 7.46. The number of hydrogen-bond donors (Lipinski definition) is 1. The van der Waals surface area contributed by atoms with Crippen molar-refractivity contribution in [3.8, 4) is 11.5 Å². The van der Waals surface area contributed by atoms with Crippen LogP contribution in [0.4, 0.5) is 11.5 Å². The predicted molar refractivity (Wildman–Crippen MR) is 128 cm³/mol. The summed E-state index contributed by atoms with van der Waals surface area (Å²) in [5.74, 6) is 3.86. The molecule has 0 unspecified atom stereocenters. The second-order valence-corrected chi connectivity index (χ2v) is 9.69. The standard InChI is InChI=1S/C24H30N4O3S/c1-15-4-6-17-20(12-15)32-24-22(17)23(25-16-5-7-18(29-2)19(13-16)30-3)26-21(27-24)14-28-8-10-31-11-9-28/h5,7,13,15H,4,6,8-12,14H2,1-3H3,(H,25,26,27)/t15-/m0/s1. The third kappa shape index (κ3) is 4.27. The summed E-state index contributed by atoms with van der Waals surface area (Å²) in [4.78, 5) is 14.9.